The molecule has 1 aromatic carbocycles. The van der Waals surface area contributed by atoms with Crippen molar-refractivity contribution in [1.29, 1.82) is 0 Å². The first-order chi connectivity index (χ1) is 8.58. The van der Waals surface area contributed by atoms with E-state index in [9.17, 15) is 9.90 Å². The van der Waals surface area contributed by atoms with Gasteiger partial charge in [-0.05, 0) is 18.2 Å². The summed E-state index contributed by atoms with van der Waals surface area (Å²) >= 11 is 13.3. The molecule has 18 heavy (non-hydrogen) atoms. The molecule has 94 valence electrons. The first kappa shape index (κ1) is 12.0. The van der Waals surface area contributed by atoms with Gasteiger partial charge in [0.15, 0.2) is 0 Å². The van der Waals surface area contributed by atoms with Crippen molar-refractivity contribution < 1.29 is 5.11 Å². The van der Waals surface area contributed by atoms with Gasteiger partial charge in [0.2, 0.25) is 5.88 Å². The summed E-state index contributed by atoms with van der Waals surface area (Å²) in [5.41, 5.74) is 0.198. The largest absolute Gasteiger partial charge is 0.492 e. The second-order valence-corrected chi connectivity index (χ2v) is 5.83. The lowest BCUT2D eigenvalue weighted by molar-refractivity contribution is 0.427. The molecule has 0 radical (unpaired) electrons. The Morgan fingerprint density at radius 1 is 1.22 bits per heavy atom. The van der Waals surface area contributed by atoms with Crippen LogP contribution in [0.25, 0.3) is 5.69 Å². The van der Waals surface area contributed by atoms with Gasteiger partial charge in [-0.1, -0.05) is 23.2 Å². The number of benzene rings is 1. The highest BCUT2D eigenvalue weighted by Crippen LogP contribution is 2.34. The normalized spacial score (nSPS) is 13.9. The Hall–Kier alpha value is -1.04. The van der Waals surface area contributed by atoms with Crippen LogP contribution < -0.4 is 5.69 Å². The van der Waals surface area contributed by atoms with Gasteiger partial charge < -0.3 is 5.11 Å². The van der Waals surface area contributed by atoms with Crippen LogP contribution in [0.5, 0.6) is 5.88 Å². The number of nitrogens with zero attached hydrogens (tertiary/aromatic N) is 2. The minimum Gasteiger partial charge on any atom is -0.492 e. The highest BCUT2D eigenvalue weighted by molar-refractivity contribution is 7.99. The average Bonchev–Trinajstić information content (AvgIpc) is 2.83. The quantitative estimate of drug-likeness (QED) is 0.881. The van der Waals surface area contributed by atoms with Crippen molar-refractivity contribution in [3.8, 4) is 11.6 Å². The zero-order chi connectivity index (χ0) is 12.9. The van der Waals surface area contributed by atoms with Crippen molar-refractivity contribution in [1.82, 2.24) is 9.13 Å². The summed E-state index contributed by atoms with van der Waals surface area (Å²) in [6, 6.07) is 4.76. The van der Waals surface area contributed by atoms with Crippen LogP contribution in [0.2, 0.25) is 10.0 Å². The first-order valence-corrected chi connectivity index (χ1v) is 6.96. The molecule has 1 aliphatic rings. The Morgan fingerprint density at radius 3 is 2.50 bits per heavy atom. The minimum atomic E-state index is -0.272. The molecule has 0 amide bonds. The van der Waals surface area contributed by atoms with Crippen molar-refractivity contribution in [3.63, 3.8) is 0 Å². The maximum absolute atomic E-state index is 12.2. The van der Waals surface area contributed by atoms with E-state index in [1.54, 1.807) is 22.8 Å². The topological polar surface area (TPSA) is 47.2 Å². The highest BCUT2D eigenvalue weighted by atomic mass is 35.5. The lowest BCUT2D eigenvalue weighted by Crippen LogP contribution is -2.22. The molecule has 1 aliphatic heterocycles. The zero-order valence-corrected chi connectivity index (χ0v) is 11.4. The van der Waals surface area contributed by atoms with Crippen LogP contribution in [-0.2, 0) is 6.54 Å². The maximum atomic E-state index is 12.2. The van der Waals surface area contributed by atoms with Gasteiger partial charge in [-0.15, -0.1) is 11.8 Å². The zero-order valence-electron chi connectivity index (χ0n) is 9.06. The number of aromatic nitrogens is 2. The molecule has 7 heteroatoms. The molecule has 1 aromatic heterocycles. The Morgan fingerprint density at radius 2 is 1.89 bits per heavy atom. The Bertz CT molecular complexity index is 673. The molecule has 0 fully saturated rings. The molecule has 1 N–H and O–H groups in total. The second kappa shape index (κ2) is 4.26. The molecule has 2 heterocycles. The standard InChI is InChI=1S/C11H8Cl2N2O2S/c12-6-3-7(13)5-8(4-6)15-9(16)10-14(11(15)17)1-2-18-10/h3-5,16H,1-2H2. The molecule has 2 aromatic rings. The fourth-order valence-corrected chi connectivity index (χ4v) is 3.52. The number of halogens is 2. The van der Waals surface area contributed by atoms with Gasteiger partial charge in [-0.25, -0.2) is 9.36 Å². The van der Waals surface area contributed by atoms with Crippen LogP contribution in [0.3, 0.4) is 0 Å². The lowest BCUT2D eigenvalue weighted by Gasteiger charge is -2.05. The van der Waals surface area contributed by atoms with E-state index in [0.29, 0.717) is 27.3 Å². The summed E-state index contributed by atoms with van der Waals surface area (Å²) in [6.45, 7) is 0.605. The fraction of sp³-hybridized carbons (Fsp3) is 0.182. The number of aromatic hydroxyl groups is 1. The minimum absolute atomic E-state index is 0.0548. The number of fused-ring (bicyclic) bond motifs is 1. The molecule has 0 bridgehead atoms. The van der Waals surface area contributed by atoms with E-state index in [2.05, 4.69) is 0 Å². The SMILES string of the molecule is O=c1n2c(c(O)n1-c1cc(Cl)cc(Cl)c1)SCC2. The fourth-order valence-electron chi connectivity index (χ4n) is 1.99. The molecule has 0 atom stereocenters. The van der Waals surface area contributed by atoms with Crippen molar-refractivity contribution >= 4 is 35.0 Å². The number of imidazole rings is 1. The van der Waals surface area contributed by atoms with Gasteiger partial charge in [0, 0.05) is 22.3 Å². The molecule has 0 unspecified atom stereocenters. The van der Waals surface area contributed by atoms with Gasteiger partial charge >= 0.3 is 5.69 Å². The van der Waals surface area contributed by atoms with Crippen molar-refractivity contribution in [3.05, 3.63) is 38.7 Å². The van der Waals surface area contributed by atoms with Crippen LogP contribution >= 0.6 is 35.0 Å². The van der Waals surface area contributed by atoms with Gasteiger partial charge in [0.05, 0.1) is 5.69 Å². The predicted molar refractivity (Wildman–Crippen MR) is 72.4 cm³/mol. The molecule has 3 rings (SSSR count). The molecule has 0 spiro atoms. The smallest absolute Gasteiger partial charge is 0.336 e. The summed E-state index contributed by atoms with van der Waals surface area (Å²) in [6.07, 6.45) is 0. The number of rotatable bonds is 1. The van der Waals surface area contributed by atoms with Crippen LogP contribution in [0.4, 0.5) is 0 Å². The van der Waals surface area contributed by atoms with Gasteiger partial charge in [0.1, 0.15) is 5.03 Å². The number of thioether (sulfide) groups is 1. The van der Waals surface area contributed by atoms with Crippen LogP contribution in [0, 0.1) is 0 Å². The first-order valence-electron chi connectivity index (χ1n) is 5.21. The Labute approximate surface area is 117 Å². The molecule has 4 nitrogen and oxygen atoms in total. The molecular weight excluding hydrogens is 295 g/mol. The van der Waals surface area contributed by atoms with E-state index >= 15 is 0 Å². The van der Waals surface area contributed by atoms with E-state index in [1.807, 2.05) is 0 Å². The number of hydrogen-bond acceptors (Lipinski definition) is 3. The maximum Gasteiger partial charge on any atom is 0.336 e. The summed E-state index contributed by atoms with van der Waals surface area (Å²) in [5.74, 6) is 0.746. The molecule has 0 saturated carbocycles. The third-order valence-electron chi connectivity index (χ3n) is 2.73. The van der Waals surface area contributed by atoms with Crippen molar-refractivity contribution in [2.75, 3.05) is 5.75 Å². The van der Waals surface area contributed by atoms with E-state index in [-0.39, 0.29) is 11.6 Å². The summed E-state index contributed by atoms with van der Waals surface area (Å²) in [7, 11) is 0. The third-order valence-corrected chi connectivity index (χ3v) is 4.23. The van der Waals surface area contributed by atoms with E-state index < -0.39 is 0 Å². The molecular formula is C11H8Cl2N2O2S. The van der Waals surface area contributed by atoms with Crippen LogP contribution in [0.1, 0.15) is 0 Å². The summed E-state index contributed by atoms with van der Waals surface area (Å²) in [4.78, 5) is 12.2. The third kappa shape index (κ3) is 1.74. The predicted octanol–water partition coefficient (Wildman–Crippen LogP) is 2.76. The summed E-state index contributed by atoms with van der Waals surface area (Å²) < 4.78 is 2.77. The van der Waals surface area contributed by atoms with Gasteiger partial charge in [-0.3, -0.25) is 4.57 Å². The van der Waals surface area contributed by atoms with Gasteiger partial charge in [-0.2, -0.15) is 0 Å². The highest BCUT2D eigenvalue weighted by Gasteiger charge is 2.25. The van der Waals surface area contributed by atoms with E-state index in [0.717, 1.165) is 5.75 Å². The van der Waals surface area contributed by atoms with Crippen LogP contribution in [0.15, 0.2) is 28.0 Å². The second-order valence-electron chi connectivity index (χ2n) is 3.87. The lowest BCUT2D eigenvalue weighted by atomic mass is 10.3. The Kier molecular flexibility index (Phi) is 2.84. The average molecular weight is 303 g/mol. The molecule has 0 saturated heterocycles. The van der Waals surface area contributed by atoms with Crippen molar-refractivity contribution in [2.24, 2.45) is 0 Å². The molecule has 0 aliphatic carbocycles. The van der Waals surface area contributed by atoms with E-state index in [1.165, 1.54) is 16.3 Å². The van der Waals surface area contributed by atoms with E-state index in [4.69, 9.17) is 23.2 Å². The summed E-state index contributed by atoms with van der Waals surface area (Å²) in [5, 5.41) is 11.5. The number of hydrogen-bond donors (Lipinski definition) is 1. The van der Waals surface area contributed by atoms with Crippen molar-refractivity contribution in [2.45, 2.75) is 11.6 Å². The Balaban J connectivity index is 2.27. The van der Waals surface area contributed by atoms with Crippen LogP contribution in [-0.4, -0.2) is 20.0 Å². The monoisotopic (exact) mass is 302 g/mol. The van der Waals surface area contributed by atoms with Gasteiger partial charge in [0.25, 0.3) is 0 Å².